The van der Waals surface area contributed by atoms with Crippen LogP contribution in [0, 0.1) is 0 Å². The number of carbonyl (C=O) groups excluding carboxylic acids is 1. The molecule has 36 heavy (non-hydrogen) atoms. The van der Waals surface area contributed by atoms with Gasteiger partial charge >= 0.3 is 6.09 Å². The van der Waals surface area contributed by atoms with E-state index in [0.717, 1.165) is 11.1 Å². The zero-order valence-electron chi connectivity index (χ0n) is 20.2. The van der Waals surface area contributed by atoms with Crippen LogP contribution < -0.4 is 4.90 Å². The molecule has 9 heteroatoms. The van der Waals surface area contributed by atoms with Crippen molar-refractivity contribution in [1.82, 2.24) is 19.9 Å². The van der Waals surface area contributed by atoms with Gasteiger partial charge in [-0.05, 0) is 20.8 Å². The second-order valence-corrected chi connectivity index (χ2v) is 9.39. The molecule has 7 nitrogen and oxygen atoms in total. The number of rotatable bonds is 6. The third kappa shape index (κ3) is 5.80. The Bertz CT molecular complexity index is 1250. The van der Waals surface area contributed by atoms with Crippen LogP contribution in [0.5, 0.6) is 0 Å². The van der Waals surface area contributed by atoms with Crippen molar-refractivity contribution in [3.8, 4) is 22.5 Å². The summed E-state index contributed by atoms with van der Waals surface area (Å²) in [7, 11) is 0. The topological polar surface area (TPSA) is 81.1 Å². The van der Waals surface area contributed by atoms with Gasteiger partial charge in [-0.1, -0.05) is 60.7 Å². The largest absolute Gasteiger partial charge is 0.443 e. The lowest BCUT2D eigenvalue weighted by molar-refractivity contribution is 0.0599. The number of ether oxygens (including phenoxy) is 1. The number of hydrogen-bond acceptors (Lipinski definition) is 6. The maximum atomic E-state index is 13.8. The SMILES string of the molecule is CC(C)(C)OC(=O)N(c1cnc(CCl)nc1-c1ccccc1)c1cnc(CCl)nc1-c1ccccc1. The predicted octanol–water partition coefficient (Wildman–Crippen LogP) is 7.15. The van der Waals surface area contributed by atoms with Crippen molar-refractivity contribution < 1.29 is 9.53 Å². The molecule has 0 atom stereocenters. The number of aromatic nitrogens is 4. The van der Waals surface area contributed by atoms with Gasteiger partial charge in [0.2, 0.25) is 0 Å². The molecule has 1 amide bonds. The van der Waals surface area contributed by atoms with E-state index in [0.29, 0.717) is 34.4 Å². The molecule has 0 aliphatic carbocycles. The molecule has 2 heterocycles. The Kier molecular flexibility index (Phi) is 7.82. The summed E-state index contributed by atoms with van der Waals surface area (Å²) in [4.78, 5) is 33.3. The zero-order chi connectivity index (χ0) is 25.7. The minimum atomic E-state index is -0.761. The summed E-state index contributed by atoms with van der Waals surface area (Å²) in [5.74, 6) is 1.10. The average molecular weight is 522 g/mol. The van der Waals surface area contributed by atoms with Gasteiger partial charge in [0.05, 0.1) is 46.9 Å². The van der Waals surface area contributed by atoms with Gasteiger partial charge in [0.1, 0.15) is 17.2 Å². The summed E-state index contributed by atoms with van der Waals surface area (Å²) in [6, 6.07) is 19.0. The van der Waals surface area contributed by atoms with Gasteiger partial charge in [-0.15, -0.1) is 23.2 Å². The predicted molar refractivity (Wildman–Crippen MR) is 142 cm³/mol. The fraction of sp³-hybridized carbons (Fsp3) is 0.222. The van der Waals surface area contributed by atoms with E-state index in [9.17, 15) is 4.79 Å². The van der Waals surface area contributed by atoms with E-state index in [1.807, 2.05) is 60.7 Å². The fourth-order valence-electron chi connectivity index (χ4n) is 3.53. The molecule has 4 rings (SSSR count). The van der Waals surface area contributed by atoms with Crippen molar-refractivity contribution in [1.29, 1.82) is 0 Å². The summed E-state index contributed by atoms with van der Waals surface area (Å²) in [6.45, 7) is 5.42. The molecule has 4 aromatic rings. The number of anilines is 2. The Morgan fingerprint density at radius 3 is 1.56 bits per heavy atom. The molecule has 0 unspecified atom stereocenters. The Labute approximate surface area is 220 Å². The monoisotopic (exact) mass is 521 g/mol. The van der Waals surface area contributed by atoms with E-state index in [-0.39, 0.29) is 11.8 Å². The molecule has 184 valence electrons. The van der Waals surface area contributed by atoms with E-state index in [1.165, 1.54) is 4.90 Å². The van der Waals surface area contributed by atoms with Gasteiger partial charge in [-0.25, -0.2) is 29.6 Å². The van der Waals surface area contributed by atoms with Crippen molar-refractivity contribution in [2.24, 2.45) is 0 Å². The first-order valence-corrected chi connectivity index (χ1v) is 12.4. The second-order valence-electron chi connectivity index (χ2n) is 8.86. The molecule has 0 bridgehead atoms. The Morgan fingerprint density at radius 1 is 0.778 bits per heavy atom. The van der Waals surface area contributed by atoms with Crippen LogP contribution in [-0.4, -0.2) is 31.6 Å². The smallest absolute Gasteiger partial charge is 0.419 e. The maximum Gasteiger partial charge on any atom is 0.419 e. The molecule has 0 aliphatic rings. The summed E-state index contributed by atoms with van der Waals surface area (Å²) < 4.78 is 5.83. The highest BCUT2D eigenvalue weighted by atomic mass is 35.5. The van der Waals surface area contributed by atoms with E-state index >= 15 is 0 Å². The van der Waals surface area contributed by atoms with Gasteiger partial charge in [0.25, 0.3) is 0 Å². The van der Waals surface area contributed by atoms with E-state index in [2.05, 4.69) is 19.9 Å². The quantitative estimate of drug-likeness (QED) is 0.250. The van der Waals surface area contributed by atoms with Gasteiger partial charge in [-0.2, -0.15) is 0 Å². The van der Waals surface area contributed by atoms with Crippen LogP contribution in [0.15, 0.2) is 73.1 Å². The Balaban J connectivity index is 2.00. The molecule has 2 aromatic heterocycles. The Morgan fingerprint density at radius 2 is 1.19 bits per heavy atom. The molecule has 0 saturated heterocycles. The van der Waals surface area contributed by atoms with Crippen molar-refractivity contribution in [2.45, 2.75) is 38.1 Å². The number of amides is 1. The zero-order valence-corrected chi connectivity index (χ0v) is 21.7. The minimum Gasteiger partial charge on any atom is -0.443 e. The van der Waals surface area contributed by atoms with Crippen LogP contribution in [0.4, 0.5) is 16.2 Å². The molecule has 0 fully saturated rings. The lowest BCUT2D eigenvalue weighted by Gasteiger charge is -2.29. The number of hydrogen-bond donors (Lipinski definition) is 0. The lowest BCUT2D eigenvalue weighted by atomic mass is 10.1. The summed E-state index contributed by atoms with van der Waals surface area (Å²) in [5, 5.41) is 0. The van der Waals surface area contributed by atoms with Gasteiger partial charge < -0.3 is 4.74 Å². The molecule has 0 radical (unpaired) electrons. The van der Waals surface area contributed by atoms with Crippen LogP contribution in [0.3, 0.4) is 0 Å². The second kappa shape index (κ2) is 11.0. The molecular formula is C27H25Cl2N5O2. The van der Waals surface area contributed by atoms with Gasteiger partial charge in [-0.3, -0.25) is 0 Å². The highest BCUT2D eigenvalue weighted by Gasteiger charge is 2.31. The maximum absolute atomic E-state index is 13.8. The normalized spacial score (nSPS) is 11.2. The molecule has 0 N–H and O–H groups in total. The standard InChI is InChI=1S/C27H25Cl2N5O2/c1-27(2,3)36-26(35)34(20-16-30-22(14-28)32-24(20)18-10-6-4-7-11-18)21-17-31-23(15-29)33-25(21)19-12-8-5-9-13-19/h4-13,16-17H,14-15H2,1-3H3. The van der Waals surface area contributed by atoms with Crippen molar-refractivity contribution in [2.75, 3.05) is 4.90 Å². The summed E-state index contributed by atoms with van der Waals surface area (Å²) >= 11 is 12.1. The van der Waals surface area contributed by atoms with Crippen LogP contribution in [0.2, 0.25) is 0 Å². The molecular weight excluding hydrogens is 497 g/mol. The van der Waals surface area contributed by atoms with E-state index in [1.54, 1.807) is 33.2 Å². The number of nitrogens with zero attached hydrogens (tertiary/aromatic N) is 5. The van der Waals surface area contributed by atoms with Crippen molar-refractivity contribution >= 4 is 40.7 Å². The lowest BCUT2D eigenvalue weighted by Crippen LogP contribution is -2.35. The number of carbonyl (C=O) groups is 1. The van der Waals surface area contributed by atoms with E-state index < -0.39 is 11.7 Å². The minimum absolute atomic E-state index is 0.120. The highest BCUT2D eigenvalue weighted by molar-refractivity contribution is 6.17. The van der Waals surface area contributed by atoms with E-state index in [4.69, 9.17) is 27.9 Å². The first-order valence-electron chi connectivity index (χ1n) is 11.3. The highest BCUT2D eigenvalue weighted by Crippen LogP contribution is 2.39. The molecule has 0 aliphatic heterocycles. The van der Waals surface area contributed by atoms with Crippen molar-refractivity contribution in [3.05, 3.63) is 84.7 Å². The summed E-state index contributed by atoms with van der Waals surface area (Å²) in [5.41, 5.74) is 2.67. The molecule has 0 spiro atoms. The molecule has 0 saturated carbocycles. The third-order valence-corrected chi connectivity index (χ3v) is 5.51. The first kappa shape index (κ1) is 25.5. The van der Waals surface area contributed by atoms with Crippen LogP contribution in [0.25, 0.3) is 22.5 Å². The number of benzene rings is 2. The van der Waals surface area contributed by atoms with Crippen LogP contribution >= 0.6 is 23.2 Å². The van der Waals surface area contributed by atoms with Crippen LogP contribution in [-0.2, 0) is 16.5 Å². The molecule has 2 aromatic carbocycles. The number of alkyl halides is 2. The van der Waals surface area contributed by atoms with Crippen LogP contribution in [0.1, 0.15) is 32.4 Å². The van der Waals surface area contributed by atoms with Gasteiger partial charge in [0, 0.05) is 11.1 Å². The van der Waals surface area contributed by atoms with Gasteiger partial charge in [0.15, 0.2) is 0 Å². The summed E-state index contributed by atoms with van der Waals surface area (Å²) in [6.07, 6.45) is 2.52. The fourth-order valence-corrected chi connectivity index (χ4v) is 3.79. The first-order chi connectivity index (χ1) is 17.3. The number of halogens is 2. The average Bonchev–Trinajstić information content (AvgIpc) is 2.89. The van der Waals surface area contributed by atoms with Crippen molar-refractivity contribution in [3.63, 3.8) is 0 Å². The Hall–Kier alpha value is -3.55. The third-order valence-electron chi connectivity index (χ3n) is 5.03.